The Morgan fingerprint density at radius 1 is 0.963 bits per heavy atom. The molecule has 27 heavy (non-hydrogen) atoms. The molecule has 1 fully saturated rings. The standard InChI is InChI=1S/C25H31NS/c1-3-4-5-6-20-7-9-21(10-8-20)22-11-13-23(14-12-22)24-15-16-25(26-18-27)19(2)17-24/h11-17,20-21H,3-10H2,1-2H3. The molecule has 1 aliphatic rings. The summed E-state index contributed by atoms with van der Waals surface area (Å²) in [6, 6.07) is 15.6. The quantitative estimate of drug-likeness (QED) is 0.269. The minimum absolute atomic E-state index is 0.752. The SMILES string of the molecule is CCCCCC1CCC(c2ccc(-c3ccc(N=C=S)c(C)c3)cc2)CC1. The molecule has 2 aromatic carbocycles. The molecule has 1 saturated carbocycles. The Morgan fingerprint density at radius 2 is 1.67 bits per heavy atom. The van der Waals surface area contributed by atoms with E-state index in [0.717, 1.165) is 23.1 Å². The van der Waals surface area contributed by atoms with E-state index in [-0.39, 0.29) is 0 Å². The van der Waals surface area contributed by atoms with Crippen LogP contribution in [0, 0.1) is 12.8 Å². The van der Waals surface area contributed by atoms with E-state index in [9.17, 15) is 0 Å². The van der Waals surface area contributed by atoms with Gasteiger partial charge in [-0.3, -0.25) is 0 Å². The minimum Gasteiger partial charge on any atom is -0.194 e. The molecule has 0 spiro atoms. The van der Waals surface area contributed by atoms with E-state index in [1.54, 1.807) is 0 Å². The fourth-order valence-corrected chi connectivity index (χ4v) is 4.52. The van der Waals surface area contributed by atoms with Crippen LogP contribution in [0.5, 0.6) is 0 Å². The Hall–Kier alpha value is -1.76. The van der Waals surface area contributed by atoms with Gasteiger partial charge in [0, 0.05) is 0 Å². The van der Waals surface area contributed by atoms with E-state index in [2.05, 4.69) is 60.4 Å². The normalized spacial score (nSPS) is 19.5. The van der Waals surface area contributed by atoms with E-state index >= 15 is 0 Å². The summed E-state index contributed by atoms with van der Waals surface area (Å²) in [5.74, 6) is 1.73. The number of aryl methyl sites for hydroxylation is 1. The number of hydrogen-bond donors (Lipinski definition) is 0. The van der Waals surface area contributed by atoms with Gasteiger partial charge in [0.1, 0.15) is 0 Å². The third kappa shape index (κ3) is 5.37. The van der Waals surface area contributed by atoms with Crippen LogP contribution in [-0.2, 0) is 0 Å². The maximum Gasteiger partial charge on any atom is 0.0769 e. The van der Waals surface area contributed by atoms with E-state index < -0.39 is 0 Å². The van der Waals surface area contributed by atoms with Gasteiger partial charge in [-0.1, -0.05) is 62.9 Å². The van der Waals surface area contributed by atoms with E-state index in [1.807, 2.05) is 6.07 Å². The summed E-state index contributed by atoms with van der Waals surface area (Å²) in [5.41, 5.74) is 6.07. The van der Waals surface area contributed by atoms with Gasteiger partial charge < -0.3 is 0 Å². The average Bonchev–Trinajstić information content (AvgIpc) is 2.71. The van der Waals surface area contributed by atoms with Crippen molar-refractivity contribution in [3.05, 3.63) is 53.6 Å². The molecule has 142 valence electrons. The average molecular weight is 378 g/mol. The molecule has 2 aromatic rings. The molecule has 0 amide bonds. The molecule has 0 aliphatic heterocycles. The van der Waals surface area contributed by atoms with Crippen LogP contribution >= 0.6 is 12.2 Å². The molecule has 0 heterocycles. The molecule has 0 atom stereocenters. The Bertz CT molecular complexity index is 778. The second kappa shape index (κ2) is 9.97. The number of unbranched alkanes of at least 4 members (excludes halogenated alkanes) is 2. The van der Waals surface area contributed by atoms with Crippen molar-refractivity contribution in [2.75, 3.05) is 0 Å². The molecule has 1 aliphatic carbocycles. The van der Waals surface area contributed by atoms with Gasteiger partial charge in [-0.05, 0) is 91.0 Å². The lowest BCUT2D eigenvalue weighted by Crippen LogP contribution is -2.13. The zero-order valence-electron chi connectivity index (χ0n) is 16.7. The van der Waals surface area contributed by atoms with Gasteiger partial charge in [0.2, 0.25) is 0 Å². The van der Waals surface area contributed by atoms with Gasteiger partial charge in [-0.2, -0.15) is 4.99 Å². The van der Waals surface area contributed by atoms with E-state index in [0.29, 0.717) is 0 Å². The number of isothiocyanates is 1. The molecule has 0 saturated heterocycles. The van der Waals surface area contributed by atoms with Crippen LogP contribution in [0.3, 0.4) is 0 Å². The van der Waals surface area contributed by atoms with Crippen molar-refractivity contribution in [3.63, 3.8) is 0 Å². The summed E-state index contributed by atoms with van der Waals surface area (Å²) in [5, 5.41) is 2.45. The molecular formula is C25H31NS. The maximum absolute atomic E-state index is 4.71. The number of nitrogens with zero attached hydrogens (tertiary/aromatic N) is 1. The third-order valence-electron chi connectivity index (χ3n) is 6.14. The molecule has 1 nitrogen and oxygen atoms in total. The smallest absolute Gasteiger partial charge is 0.0769 e. The van der Waals surface area contributed by atoms with E-state index in [4.69, 9.17) is 12.2 Å². The third-order valence-corrected chi connectivity index (χ3v) is 6.23. The van der Waals surface area contributed by atoms with Crippen molar-refractivity contribution in [2.24, 2.45) is 10.9 Å². The molecular weight excluding hydrogens is 346 g/mol. The lowest BCUT2D eigenvalue weighted by atomic mass is 9.77. The Morgan fingerprint density at radius 3 is 2.30 bits per heavy atom. The van der Waals surface area contributed by atoms with Crippen molar-refractivity contribution in [2.45, 2.75) is 71.1 Å². The molecule has 2 heteroatoms. The van der Waals surface area contributed by atoms with Gasteiger partial charge in [0.25, 0.3) is 0 Å². The van der Waals surface area contributed by atoms with Crippen LogP contribution in [0.25, 0.3) is 11.1 Å². The van der Waals surface area contributed by atoms with Crippen molar-refractivity contribution < 1.29 is 0 Å². The monoisotopic (exact) mass is 377 g/mol. The molecule has 0 N–H and O–H groups in total. The summed E-state index contributed by atoms with van der Waals surface area (Å²) in [6.07, 6.45) is 11.2. The second-order valence-corrected chi connectivity index (χ2v) is 8.22. The number of benzene rings is 2. The molecule has 0 bridgehead atoms. The van der Waals surface area contributed by atoms with Crippen LogP contribution < -0.4 is 0 Å². The first-order valence-corrected chi connectivity index (χ1v) is 10.9. The molecule has 0 radical (unpaired) electrons. The van der Waals surface area contributed by atoms with Gasteiger partial charge in [-0.15, -0.1) is 0 Å². The first-order chi connectivity index (χ1) is 13.2. The first-order valence-electron chi connectivity index (χ1n) is 10.5. The highest BCUT2D eigenvalue weighted by Gasteiger charge is 2.22. The zero-order valence-corrected chi connectivity index (χ0v) is 17.5. The summed E-state index contributed by atoms with van der Waals surface area (Å²) < 4.78 is 0. The van der Waals surface area contributed by atoms with Crippen LogP contribution in [0.2, 0.25) is 0 Å². The minimum atomic E-state index is 0.752. The Balaban J connectivity index is 1.61. The lowest BCUT2D eigenvalue weighted by molar-refractivity contribution is 0.303. The fraction of sp³-hybridized carbons (Fsp3) is 0.480. The topological polar surface area (TPSA) is 12.4 Å². The highest BCUT2D eigenvalue weighted by atomic mass is 32.1. The Kier molecular flexibility index (Phi) is 7.38. The fourth-order valence-electron chi connectivity index (χ4n) is 4.42. The summed E-state index contributed by atoms with van der Waals surface area (Å²) in [7, 11) is 0. The summed E-state index contributed by atoms with van der Waals surface area (Å²) >= 11 is 4.71. The van der Waals surface area contributed by atoms with Gasteiger partial charge in [0.05, 0.1) is 10.8 Å². The molecule has 3 rings (SSSR count). The van der Waals surface area contributed by atoms with Crippen molar-refractivity contribution in [1.29, 1.82) is 0 Å². The van der Waals surface area contributed by atoms with Gasteiger partial charge in [-0.25, -0.2) is 0 Å². The maximum atomic E-state index is 4.71. The van der Waals surface area contributed by atoms with Crippen molar-refractivity contribution in [3.8, 4) is 11.1 Å². The predicted molar refractivity (Wildman–Crippen MR) is 120 cm³/mol. The Labute approximate surface area is 169 Å². The highest BCUT2D eigenvalue weighted by molar-refractivity contribution is 7.78. The molecule has 0 unspecified atom stereocenters. The predicted octanol–water partition coefficient (Wildman–Crippen LogP) is 8.25. The highest BCUT2D eigenvalue weighted by Crippen LogP contribution is 2.38. The molecule has 0 aromatic heterocycles. The second-order valence-electron chi connectivity index (χ2n) is 8.04. The largest absolute Gasteiger partial charge is 0.194 e. The van der Waals surface area contributed by atoms with Crippen LogP contribution in [0.1, 0.15) is 75.3 Å². The number of aliphatic imine (C=N–C) groups is 1. The van der Waals surface area contributed by atoms with Crippen LogP contribution in [-0.4, -0.2) is 5.16 Å². The van der Waals surface area contributed by atoms with Crippen LogP contribution in [0.4, 0.5) is 5.69 Å². The van der Waals surface area contributed by atoms with Crippen LogP contribution in [0.15, 0.2) is 47.5 Å². The zero-order chi connectivity index (χ0) is 19.1. The number of rotatable bonds is 7. The number of hydrogen-bond acceptors (Lipinski definition) is 2. The van der Waals surface area contributed by atoms with Gasteiger partial charge >= 0.3 is 0 Å². The van der Waals surface area contributed by atoms with Crippen molar-refractivity contribution in [1.82, 2.24) is 0 Å². The summed E-state index contributed by atoms with van der Waals surface area (Å²) in [6.45, 7) is 4.37. The summed E-state index contributed by atoms with van der Waals surface area (Å²) in [4.78, 5) is 4.11. The van der Waals surface area contributed by atoms with E-state index in [1.165, 1.54) is 68.1 Å². The van der Waals surface area contributed by atoms with Crippen molar-refractivity contribution >= 4 is 23.1 Å². The lowest BCUT2D eigenvalue weighted by Gasteiger charge is -2.29. The first kappa shape index (κ1) is 20.0. The number of thiocarbonyl (C=S) groups is 1. The van der Waals surface area contributed by atoms with Gasteiger partial charge in [0.15, 0.2) is 0 Å².